The van der Waals surface area contributed by atoms with E-state index in [9.17, 15) is 4.79 Å². The topological polar surface area (TPSA) is 67.2 Å². The summed E-state index contributed by atoms with van der Waals surface area (Å²) in [7, 11) is 0. The van der Waals surface area contributed by atoms with Gasteiger partial charge in [0.25, 0.3) is 0 Å². The van der Waals surface area contributed by atoms with Crippen LogP contribution in [-0.2, 0) is 4.79 Å². The van der Waals surface area contributed by atoms with Crippen molar-refractivity contribution in [3.05, 3.63) is 0 Å². The molecule has 0 aliphatic rings. The van der Waals surface area contributed by atoms with Gasteiger partial charge >= 0.3 is 29.6 Å². The fraction of sp³-hybridized carbons (Fsp3) is 0.800. The molecule has 0 aromatic heterocycles. The van der Waals surface area contributed by atoms with Crippen LogP contribution in [0.3, 0.4) is 0 Å². The standard InChI is InChI=1S/C5H13N3O.Na.H/c6-1-2-7-3-4-8-5-9;;/h5,7H,1-4,6H2,(H,8,9);;. The van der Waals surface area contributed by atoms with Gasteiger partial charge in [-0.3, -0.25) is 4.79 Å². The monoisotopic (exact) mass is 155 g/mol. The molecule has 0 aliphatic heterocycles. The zero-order valence-corrected chi connectivity index (χ0v) is 5.39. The van der Waals surface area contributed by atoms with Crippen LogP contribution in [0.4, 0.5) is 0 Å². The Balaban J connectivity index is 0. The fourth-order valence-electron chi connectivity index (χ4n) is 0.447. The molecule has 4 nitrogen and oxygen atoms in total. The van der Waals surface area contributed by atoms with E-state index < -0.39 is 0 Å². The van der Waals surface area contributed by atoms with Crippen LogP contribution in [0.2, 0.25) is 0 Å². The Morgan fingerprint density at radius 3 is 2.50 bits per heavy atom. The molecule has 0 aromatic rings. The summed E-state index contributed by atoms with van der Waals surface area (Å²) in [5.74, 6) is 0. The van der Waals surface area contributed by atoms with E-state index in [1.807, 2.05) is 0 Å². The second-order valence-electron chi connectivity index (χ2n) is 1.61. The number of amides is 1. The molecule has 4 N–H and O–H groups in total. The van der Waals surface area contributed by atoms with E-state index in [0.29, 0.717) is 19.5 Å². The van der Waals surface area contributed by atoms with E-state index in [1.165, 1.54) is 0 Å². The van der Waals surface area contributed by atoms with Crippen molar-refractivity contribution < 1.29 is 4.79 Å². The first-order valence-electron chi connectivity index (χ1n) is 2.99. The Bertz CT molecular complexity index is 71.9. The van der Waals surface area contributed by atoms with Crippen molar-refractivity contribution >= 4 is 36.0 Å². The molecule has 0 radical (unpaired) electrons. The maximum absolute atomic E-state index is 9.67. The molecule has 56 valence electrons. The Morgan fingerprint density at radius 2 is 2.00 bits per heavy atom. The van der Waals surface area contributed by atoms with Gasteiger partial charge in [0.05, 0.1) is 0 Å². The Kier molecular flexibility index (Phi) is 15.8. The number of rotatable bonds is 6. The molecular formula is C5H14N3NaO. The van der Waals surface area contributed by atoms with E-state index in [0.717, 1.165) is 13.1 Å². The summed E-state index contributed by atoms with van der Waals surface area (Å²) in [6.45, 7) is 2.90. The summed E-state index contributed by atoms with van der Waals surface area (Å²) in [5, 5.41) is 5.55. The molecule has 0 fully saturated rings. The van der Waals surface area contributed by atoms with Gasteiger partial charge in [0, 0.05) is 26.2 Å². The predicted octanol–water partition coefficient (Wildman–Crippen LogP) is -2.37. The Labute approximate surface area is 83.2 Å². The summed E-state index contributed by atoms with van der Waals surface area (Å²) >= 11 is 0. The first-order chi connectivity index (χ1) is 4.41. The number of nitrogens with one attached hydrogen (secondary N) is 2. The molecule has 0 rings (SSSR count). The van der Waals surface area contributed by atoms with Crippen molar-refractivity contribution in [2.24, 2.45) is 5.73 Å². The van der Waals surface area contributed by atoms with E-state index in [4.69, 9.17) is 5.73 Å². The summed E-state index contributed by atoms with van der Waals surface area (Å²) in [4.78, 5) is 9.67. The van der Waals surface area contributed by atoms with E-state index in [1.54, 1.807) is 0 Å². The molecule has 0 aliphatic carbocycles. The van der Waals surface area contributed by atoms with Crippen LogP contribution in [0, 0.1) is 0 Å². The molecular weight excluding hydrogens is 141 g/mol. The quantitative estimate of drug-likeness (QED) is 0.228. The number of nitrogens with two attached hydrogens (primary N) is 1. The average molecular weight is 155 g/mol. The molecule has 10 heavy (non-hydrogen) atoms. The van der Waals surface area contributed by atoms with Gasteiger partial charge in [0.1, 0.15) is 0 Å². The van der Waals surface area contributed by atoms with Crippen molar-refractivity contribution in [1.82, 2.24) is 10.6 Å². The normalized spacial score (nSPS) is 8.10. The van der Waals surface area contributed by atoms with Crippen molar-refractivity contribution in [2.75, 3.05) is 26.2 Å². The second-order valence-corrected chi connectivity index (χ2v) is 1.61. The third kappa shape index (κ3) is 11.2. The van der Waals surface area contributed by atoms with E-state index in [-0.39, 0.29) is 29.6 Å². The van der Waals surface area contributed by atoms with Crippen LogP contribution in [0.25, 0.3) is 0 Å². The van der Waals surface area contributed by atoms with Crippen molar-refractivity contribution in [2.45, 2.75) is 0 Å². The summed E-state index contributed by atoms with van der Waals surface area (Å²) in [5.41, 5.74) is 5.19. The van der Waals surface area contributed by atoms with Gasteiger partial charge in [0.15, 0.2) is 0 Å². The zero-order chi connectivity index (χ0) is 6.95. The minimum absolute atomic E-state index is 0. The first-order valence-corrected chi connectivity index (χ1v) is 2.99. The van der Waals surface area contributed by atoms with Crippen LogP contribution < -0.4 is 16.4 Å². The fourth-order valence-corrected chi connectivity index (χ4v) is 0.447. The number of carbonyl (C=O) groups excluding carboxylic acids is 1. The predicted molar refractivity (Wildman–Crippen MR) is 43.1 cm³/mol. The van der Waals surface area contributed by atoms with Crippen LogP contribution in [0.15, 0.2) is 0 Å². The molecule has 5 heteroatoms. The molecule has 0 saturated carbocycles. The molecule has 0 spiro atoms. The molecule has 0 unspecified atom stereocenters. The zero-order valence-electron chi connectivity index (χ0n) is 5.39. The molecule has 0 bridgehead atoms. The van der Waals surface area contributed by atoms with Gasteiger partial charge in [0.2, 0.25) is 6.41 Å². The van der Waals surface area contributed by atoms with Crippen LogP contribution in [0.1, 0.15) is 0 Å². The van der Waals surface area contributed by atoms with Crippen molar-refractivity contribution in [1.29, 1.82) is 0 Å². The summed E-state index contributed by atoms with van der Waals surface area (Å²) in [6.07, 6.45) is 0.685. The first kappa shape index (κ1) is 13.0. The minimum atomic E-state index is 0. The van der Waals surface area contributed by atoms with Gasteiger partial charge in [-0.25, -0.2) is 0 Å². The summed E-state index contributed by atoms with van der Waals surface area (Å²) in [6, 6.07) is 0. The second kappa shape index (κ2) is 12.1. The molecule has 0 heterocycles. The van der Waals surface area contributed by atoms with Crippen LogP contribution >= 0.6 is 0 Å². The third-order valence-corrected chi connectivity index (χ3v) is 0.851. The van der Waals surface area contributed by atoms with Crippen molar-refractivity contribution in [3.8, 4) is 0 Å². The Morgan fingerprint density at radius 1 is 1.30 bits per heavy atom. The number of carbonyl (C=O) groups is 1. The SMILES string of the molecule is NCCNCCNC=O.[NaH]. The van der Waals surface area contributed by atoms with Crippen LogP contribution in [0.5, 0.6) is 0 Å². The molecule has 1 amide bonds. The third-order valence-electron chi connectivity index (χ3n) is 0.851. The molecule has 0 atom stereocenters. The maximum atomic E-state index is 9.67. The Hall–Kier alpha value is 0.390. The number of hydrogen-bond donors (Lipinski definition) is 3. The average Bonchev–Trinajstić information content (AvgIpc) is 1.89. The van der Waals surface area contributed by atoms with Gasteiger partial charge < -0.3 is 16.4 Å². The van der Waals surface area contributed by atoms with Gasteiger partial charge in [-0.1, -0.05) is 0 Å². The molecule has 0 saturated heterocycles. The number of hydrogen-bond acceptors (Lipinski definition) is 3. The van der Waals surface area contributed by atoms with Gasteiger partial charge in [-0.15, -0.1) is 0 Å². The van der Waals surface area contributed by atoms with Gasteiger partial charge in [-0.05, 0) is 0 Å². The van der Waals surface area contributed by atoms with Crippen molar-refractivity contribution in [3.63, 3.8) is 0 Å². The molecule has 0 aromatic carbocycles. The van der Waals surface area contributed by atoms with Gasteiger partial charge in [-0.2, -0.15) is 0 Å². The van der Waals surface area contributed by atoms with E-state index >= 15 is 0 Å². The van der Waals surface area contributed by atoms with E-state index in [2.05, 4.69) is 10.6 Å². The summed E-state index contributed by atoms with van der Waals surface area (Å²) < 4.78 is 0. The van der Waals surface area contributed by atoms with Crippen LogP contribution in [-0.4, -0.2) is 62.1 Å².